The number of anilines is 1. The first-order valence-electron chi connectivity index (χ1n) is 8.51. The third-order valence-electron chi connectivity index (χ3n) is 4.26. The van der Waals surface area contributed by atoms with Gasteiger partial charge in [0.1, 0.15) is 5.82 Å². The summed E-state index contributed by atoms with van der Waals surface area (Å²) in [7, 11) is 0. The molecule has 0 unspecified atom stereocenters. The number of benzene rings is 2. The van der Waals surface area contributed by atoms with Crippen molar-refractivity contribution in [2.75, 3.05) is 5.32 Å². The van der Waals surface area contributed by atoms with E-state index in [-0.39, 0.29) is 11.5 Å². The third kappa shape index (κ3) is 3.54. The lowest BCUT2D eigenvalue weighted by Crippen LogP contribution is -2.24. The van der Waals surface area contributed by atoms with E-state index in [1.807, 2.05) is 13.0 Å². The number of H-pyrrole nitrogens is 1. The van der Waals surface area contributed by atoms with Gasteiger partial charge in [0, 0.05) is 16.7 Å². The number of halogens is 1. The van der Waals surface area contributed by atoms with Crippen LogP contribution in [0.2, 0.25) is 0 Å². The number of carbonyl (C=O) groups excluding carboxylic acids is 1. The molecule has 0 aliphatic rings. The van der Waals surface area contributed by atoms with Crippen molar-refractivity contribution in [2.24, 2.45) is 0 Å². The van der Waals surface area contributed by atoms with E-state index in [1.54, 1.807) is 30.3 Å². The molecular formula is C20H15FN4O2S. The van der Waals surface area contributed by atoms with E-state index < -0.39 is 11.3 Å². The van der Waals surface area contributed by atoms with Crippen molar-refractivity contribution in [1.29, 1.82) is 0 Å². The summed E-state index contributed by atoms with van der Waals surface area (Å²) < 4.78 is 13.4. The van der Waals surface area contributed by atoms with Gasteiger partial charge in [0.2, 0.25) is 5.43 Å². The van der Waals surface area contributed by atoms with E-state index in [2.05, 4.69) is 20.5 Å². The number of amides is 1. The van der Waals surface area contributed by atoms with Crippen molar-refractivity contribution in [3.8, 4) is 0 Å². The number of thiazole rings is 1. The molecule has 0 spiro atoms. The fraction of sp³-hybridized carbons (Fsp3) is 0.100. The Morgan fingerprint density at radius 1 is 1.21 bits per heavy atom. The first kappa shape index (κ1) is 18.0. The van der Waals surface area contributed by atoms with Gasteiger partial charge in [-0.25, -0.2) is 9.37 Å². The van der Waals surface area contributed by atoms with Crippen LogP contribution >= 0.6 is 11.3 Å². The van der Waals surface area contributed by atoms with Crippen LogP contribution in [0.25, 0.3) is 10.9 Å². The predicted octanol–water partition coefficient (Wildman–Crippen LogP) is 3.67. The molecule has 6 nitrogen and oxygen atoms in total. The highest BCUT2D eigenvalue weighted by Crippen LogP contribution is 2.25. The first-order valence-corrected chi connectivity index (χ1v) is 9.32. The molecule has 4 aromatic rings. The monoisotopic (exact) mass is 394 g/mol. The lowest BCUT2D eigenvalue weighted by Gasteiger charge is -2.02. The van der Waals surface area contributed by atoms with E-state index in [0.717, 1.165) is 16.1 Å². The normalized spacial score (nSPS) is 10.9. The van der Waals surface area contributed by atoms with Gasteiger partial charge in [-0.2, -0.15) is 5.10 Å². The van der Waals surface area contributed by atoms with Gasteiger partial charge in [-0.1, -0.05) is 24.3 Å². The van der Waals surface area contributed by atoms with E-state index in [9.17, 15) is 14.0 Å². The Morgan fingerprint density at radius 2 is 2.04 bits per heavy atom. The van der Waals surface area contributed by atoms with Gasteiger partial charge in [0.15, 0.2) is 10.8 Å². The average molecular weight is 394 g/mol. The molecule has 1 amide bonds. The van der Waals surface area contributed by atoms with E-state index >= 15 is 0 Å². The standard InChI is InChI=1S/C20H15FN4O2S/c1-11-16(10-12-5-4-6-13(21)9-12)28-20(22-11)23-19(27)17-18(26)14-7-2-3-8-15(14)24-25-17/h2-9H,10H2,1H3,(H,24,26)(H,22,23,27). The van der Waals surface area contributed by atoms with Gasteiger partial charge in [-0.05, 0) is 36.8 Å². The number of fused-ring (bicyclic) bond motifs is 1. The van der Waals surface area contributed by atoms with Crippen LogP contribution in [-0.4, -0.2) is 21.1 Å². The van der Waals surface area contributed by atoms with Crippen LogP contribution in [0.5, 0.6) is 0 Å². The zero-order valence-electron chi connectivity index (χ0n) is 14.8. The molecule has 0 aliphatic carbocycles. The lowest BCUT2D eigenvalue weighted by molar-refractivity contribution is 0.102. The van der Waals surface area contributed by atoms with Crippen LogP contribution < -0.4 is 10.7 Å². The molecule has 0 aliphatic heterocycles. The van der Waals surface area contributed by atoms with Crippen LogP contribution in [0.15, 0.2) is 53.3 Å². The minimum absolute atomic E-state index is 0.224. The summed E-state index contributed by atoms with van der Waals surface area (Å²) in [6.07, 6.45) is 0.506. The molecule has 0 bridgehead atoms. The maximum atomic E-state index is 13.4. The molecule has 8 heteroatoms. The third-order valence-corrected chi connectivity index (χ3v) is 5.33. The Kier molecular flexibility index (Phi) is 4.70. The number of hydrogen-bond acceptors (Lipinski definition) is 5. The molecule has 2 aromatic carbocycles. The highest BCUT2D eigenvalue weighted by atomic mass is 32.1. The molecule has 0 fully saturated rings. The number of rotatable bonds is 4. The van der Waals surface area contributed by atoms with Crippen LogP contribution in [0.3, 0.4) is 0 Å². The van der Waals surface area contributed by atoms with Crippen LogP contribution in [-0.2, 0) is 6.42 Å². The maximum absolute atomic E-state index is 13.4. The summed E-state index contributed by atoms with van der Waals surface area (Å²) in [6, 6.07) is 13.2. The van der Waals surface area contributed by atoms with Crippen molar-refractivity contribution in [3.63, 3.8) is 0 Å². The quantitative estimate of drug-likeness (QED) is 0.553. The Bertz CT molecular complexity index is 1250. The van der Waals surface area contributed by atoms with Crippen molar-refractivity contribution in [1.82, 2.24) is 15.2 Å². The van der Waals surface area contributed by atoms with Crippen molar-refractivity contribution < 1.29 is 9.18 Å². The Balaban J connectivity index is 1.57. The zero-order valence-corrected chi connectivity index (χ0v) is 15.6. The molecule has 0 atom stereocenters. The van der Waals surface area contributed by atoms with E-state index in [1.165, 1.54) is 23.5 Å². The van der Waals surface area contributed by atoms with Gasteiger partial charge in [-0.15, -0.1) is 11.3 Å². The Hall–Kier alpha value is -3.39. The summed E-state index contributed by atoms with van der Waals surface area (Å²) in [5, 5.41) is 10.0. The number of carbonyl (C=O) groups is 1. The smallest absolute Gasteiger partial charge is 0.281 e. The largest absolute Gasteiger partial charge is 0.296 e. The number of aryl methyl sites for hydroxylation is 1. The molecule has 0 radical (unpaired) electrons. The number of para-hydroxylation sites is 1. The second-order valence-electron chi connectivity index (χ2n) is 6.24. The second-order valence-corrected chi connectivity index (χ2v) is 7.32. The molecule has 2 aromatic heterocycles. The fourth-order valence-corrected chi connectivity index (χ4v) is 3.85. The van der Waals surface area contributed by atoms with Gasteiger partial charge in [-0.3, -0.25) is 20.0 Å². The predicted molar refractivity (Wildman–Crippen MR) is 106 cm³/mol. The SMILES string of the molecule is Cc1nc(NC(=O)c2n[nH]c3ccccc3c2=O)sc1Cc1cccc(F)c1. The zero-order chi connectivity index (χ0) is 19.7. The van der Waals surface area contributed by atoms with Crippen LogP contribution in [0.1, 0.15) is 26.6 Å². The Morgan fingerprint density at radius 3 is 2.86 bits per heavy atom. The fourth-order valence-electron chi connectivity index (χ4n) is 2.86. The molecule has 0 saturated carbocycles. The highest BCUT2D eigenvalue weighted by molar-refractivity contribution is 7.15. The number of aromatic amines is 1. The molecular weight excluding hydrogens is 379 g/mol. The summed E-state index contributed by atoms with van der Waals surface area (Å²) >= 11 is 1.29. The van der Waals surface area contributed by atoms with Crippen molar-refractivity contribution in [3.05, 3.63) is 86.4 Å². The molecule has 0 saturated heterocycles. The molecule has 4 rings (SSSR count). The van der Waals surface area contributed by atoms with Gasteiger partial charge < -0.3 is 0 Å². The molecule has 140 valence electrons. The van der Waals surface area contributed by atoms with E-state index in [0.29, 0.717) is 22.5 Å². The van der Waals surface area contributed by atoms with Crippen molar-refractivity contribution in [2.45, 2.75) is 13.3 Å². The summed E-state index contributed by atoms with van der Waals surface area (Å²) in [4.78, 5) is 30.3. The average Bonchev–Trinajstić information content (AvgIpc) is 3.01. The lowest BCUT2D eigenvalue weighted by atomic mass is 10.1. The summed E-state index contributed by atoms with van der Waals surface area (Å²) in [5.74, 6) is -0.923. The summed E-state index contributed by atoms with van der Waals surface area (Å²) in [6.45, 7) is 1.82. The van der Waals surface area contributed by atoms with E-state index in [4.69, 9.17) is 0 Å². The number of aromatic nitrogens is 3. The molecule has 28 heavy (non-hydrogen) atoms. The van der Waals surface area contributed by atoms with Gasteiger partial charge in [0.05, 0.1) is 11.2 Å². The maximum Gasteiger partial charge on any atom is 0.281 e. The Labute approximate surface area is 163 Å². The van der Waals surface area contributed by atoms with Gasteiger partial charge >= 0.3 is 0 Å². The number of nitrogens with zero attached hydrogens (tertiary/aromatic N) is 2. The molecule has 2 heterocycles. The van der Waals surface area contributed by atoms with Crippen LogP contribution in [0.4, 0.5) is 9.52 Å². The van der Waals surface area contributed by atoms with Crippen molar-refractivity contribution >= 4 is 33.3 Å². The topological polar surface area (TPSA) is 87.7 Å². The number of nitrogens with one attached hydrogen (secondary N) is 2. The summed E-state index contributed by atoms with van der Waals surface area (Å²) in [5.41, 5.74) is 1.45. The second kappa shape index (κ2) is 7.32. The molecule has 2 N–H and O–H groups in total. The van der Waals surface area contributed by atoms with Gasteiger partial charge in [0.25, 0.3) is 5.91 Å². The van der Waals surface area contributed by atoms with Crippen LogP contribution in [0, 0.1) is 12.7 Å². The number of hydrogen-bond donors (Lipinski definition) is 2. The minimum atomic E-state index is -0.627. The highest BCUT2D eigenvalue weighted by Gasteiger charge is 2.17. The minimum Gasteiger partial charge on any atom is -0.296 e. The first-order chi connectivity index (χ1) is 13.5.